The molecule has 0 aromatic rings. The van der Waals surface area contributed by atoms with Gasteiger partial charge in [0.15, 0.2) is 0 Å². The third-order valence-electron chi connectivity index (χ3n) is 1.09. The lowest BCUT2D eigenvalue weighted by atomic mass is 10.1. The Balaban J connectivity index is 2.18. The van der Waals surface area contributed by atoms with Crippen LogP contribution in [-0.4, -0.2) is 23.1 Å². The average molecular weight is 130 g/mol. The van der Waals surface area contributed by atoms with E-state index in [4.69, 9.17) is 5.11 Å². The molecule has 1 unspecified atom stereocenters. The molecular weight excluding hydrogens is 124 g/mol. The van der Waals surface area contributed by atoms with Crippen molar-refractivity contribution < 1.29 is 19.4 Å². The number of carboxylic acid groups (broad SMARTS) is 1. The van der Waals surface area contributed by atoms with Crippen LogP contribution in [0.2, 0.25) is 0 Å². The van der Waals surface area contributed by atoms with Gasteiger partial charge in [0.1, 0.15) is 6.10 Å². The van der Waals surface area contributed by atoms with Gasteiger partial charge in [-0.25, -0.2) is 0 Å². The largest absolute Gasteiger partial charge is 0.481 e. The fourth-order valence-corrected chi connectivity index (χ4v) is 0.671. The summed E-state index contributed by atoms with van der Waals surface area (Å²) < 4.78 is 4.43. The summed E-state index contributed by atoms with van der Waals surface area (Å²) in [6.07, 6.45) is -0.173. The monoisotopic (exact) mass is 130 g/mol. The van der Waals surface area contributed by atoms with Gasteiger partial charge in [0, 0.05) is 0 Å². The van der Waals surface area contributed by atoms with Gasteiger partial charge in [-0.05, 0) is 0 Å². The maximum atomic E-state index is 10.1. The fraction of sp³-hybridized carbons (Fsp3) is 0.600. The van der Waals surface area contributed by atoms with Crippen molar-refractivity contribution in [3.8, 4) is 0 Å². The Morgan fingerprint density at radius 3 is 2.78 bits per heavy atom. The van der Waals surface area contributed by atoms with Gasteiger partial charge in [-0.1, -0.05) is 0 Å². The Hall–Kier alpha value is -1.06. The summed E-state index contributed by atoms with van der Waals surface area (Å²) in [6, 6.07) is 0. The lowest BCUT2D eigenvalue weighted by molar-refractivity contribution is -0.172. The second kappa shape index (κ2) is 2.05. The summed E-state index contributed by atoms with van der Waals surface area (Å²) in [5, 5.41) is 8.14. The van der Waals surface area contributed by atoms with Gasteiger partial charge in [-0.15, -0.1) is 0 Å². The van der Waals surface area contributed by atoms with E-state index in [1.807, 2.05) is 0 Å². The molecule has 1 rings (SSSR count). The van der Waals surface area contributed by atoms with Crippen LogP contribution in [0.15, 0.2) is 0 Å². The zero-order valence-electron chi connectivity index (χ0n) is 4.66. The van der Waals surface area contributed by atoms with Crippen LogP contribution in [0.25, 0.3) is 0 Å². The summed E-state index contributed by atoms with van der Waals surface area (Å²) >= 11 is 0. The summed E-state index contributed by atoms with van der Waals surface area (Å²) in [7, 11) is 0. The number of carboxylic acids is 1. The lowest BCUT2D eigenvalue weighted by Crippen LogP contribution is -2.34. The van der Waals surface area contributed by atoms with Crippen molar-refractivity contribution in [2.75, 3.05) is 0 Å². The van der Waals surface area contributed by atoms with Crippen LogP contribution in [0.3, 0.4) is 0 Å². The highest BCUT2D eigenvalue weighted by molar-refractivity contribution is 5.78. The molecule has 9 heavy (non-hydrogen) atoms. The number of cyclic esters (lactones) is 1. The van der Waals surface area contributed by atoms with E-state index in [2.05, 4.69) is 4.74 Å². The van der Waals surface area contributed by atoms with Gasteiger partial charge in [-0.2, -0.15) is 0 Å². The molecule has 4 nitrogen and oxygen atoms in total. The molecule has 0 aliphatic carbocycles. The van der Waals surface area contributed by atoms with E-state index in [0.717, 1.165) is 0 Å². The van der Waals surface area contributed by atoms with Crippen LogP contribution < -0.4 is 0 Å². The third kappa shape index (κ3) is 1.42. The minimum absolute atomic E-state index is 0.0638. The topological polar surface area (TPSA) is 63.6 Å². The van der Waals surface area contributed by atoms with Crippen LogP contribution in [0.4, 0.5) is 0 Å². The number of carbonyl (C=O) groups excluding carboxylic acids is 1. The molecule has 0 radical (unpaired) electrons. The zero-order valence-corrected chi connectivity index (χ0v) is 4.66. The highest BCUT2D eigenvalue weighted by atomic mass is 16.6. The molecule has 0 aromatic carbocycles. The Bertz CT molecular complexity index is 143. The van der Waals surface area contributed by atoms with Crippen LogP contribution in [0.1, 0.15) is 12.8 Å². The molecule has 0 saturated carbocycles. The first-order valence-corrected chi connectivity index (χ1v) is 2.60. The van der Waals surface area contributed by atoms with Crippen molar-refractivity contribution in [2.24, 2.45) is 0 Å². The van der Waals surface area contributed by atoms with Crippen molar-refractivity contribution in [3.63, 3.8) is 0 Å². The number of ether oxygens (including phenoxy) is 1. The maximum absolute atomic E-state index is 10.1. The molecule has 0 spiro atoms. The van der Waals surface area contributed by atoms with Crippen LogP contribution in [0.5, 0.6) is 0 Å². The zero-order chi connectivity index (χ0) is 6.85. The Morgan fingerprint density at radius 1 is 1.89 bits per heavy atom. The van der Waals surface area contributed by atoms with Crippen molar-refractivity contribution in [1.29, 1.82) is 0 Å². The van der Waals surface area contributed by atoms with E-state index < -0.39 is 5.97 Å². The van der Waals surface area contributed by atoms with Crippen molar-refractivity contribution in [2.45, 2.75) is 18.9 Å². The predicted octanol–water partition coefficient (Wildman–Crippen LogP) is -0.223. The second-order valence-corrected chi connectivity index (χ2v) is 1.91. The van der Waals surface area contributed by atoms with Gasteiger partial charge >= 0.3 is 11.9 Å². The standard InChI is InChI=1S/C5H6O4/c6-4(7)1-3-2-5(8)9-3/h3H,1-2H2,(H,6,7). The van der Waals surface area contributed by atoms with Crippen molar-refractivity contribution in [1.82, 2.24) is 0 Å². The van der Waals surface area contributed by atoms with E-state index in [1.54, 1.807) is 0 Å². The fourth-order valence-electron chi connectivity index (χ4n) is 0.671. The molecular formula is C5H6O4. The van der Waals surface area contributed by atoms with E-state index in [9.17, 15) is 9.59 Å². The SMILES string of the molecule is O=C(O)CC1CC(=O)O1. The Morgan fingerprint density at radius 2 is 2.44 bits per heavy atom. The molecule has 0 aromatic heterocycles. The van der Waals surface area contributed by atoms with Gasteiger partial charge < -0.3 is 9.84 Å². The molecule has 1 atom stereocenters. The van der Waals surface area contributed by atoms with Gasteiger partial charge in [0.05, 0.1) is 12.8 Å². The predicted molar refractivity (Wildman–Crippen MR) is 26.7 cm³/mol. The minimum atomic E-state index is -0.924. The quantitative estimate of drug-likeness (QED) is 0.524. The third-order valence-corrected chi connectivity index (χ3v) is 1.09. The molecule has 0 amide bonds. The van der Waals surface area contributed by atoms with E-state index in [-0.39, 0.29) is 24.9 Å². The number of rotatable bonds is 2. The molecule has 1 heterocycles. The second-order valence-electron chi connectivity index (χ2n) is 1.91. The number of hydrogen-bond acceptors (Lipinski definition) is 3. The molecule has 50 valence electrons. The Labute approximate surface area is 51.4 Å². The van der Waals surface area contributed by atoms with Crippen LogP contribution in [0, 0.1) is 0 Å². The van der Waals surface area contributed by atoms with E-state index in [1.165, 1.54) is 0 Å². The van der Waals surface area contributed by atoms with Crippen LogP contribution in [-0.2, 0) is 14.3 Å². The first kappa shape index (κ1) is 6.07. The maximum Gasteiger partial charge on any atom is 0.309 e. The van der Waals surface area contributed by atoms with Gasteiger partial charge in [0.2, 0.25) is 0 Å². The molecule has 4 heteroatoms. The summed E-state index contributed by atoms with van der Waals surface area (Å²) in [6.45, 7) is 0. The molecule has 1 aliphatic rings. The number of aliphatic carboxylic acids is 1. The van der Waals surface area contributed by atoms with E-state index >= 15 is 0 Å². The molecule has 1 aliphatic heterocycles. The summed E-state index contributed by atoms with van der Waals surface area (Å²) in [4.78, 5) is 20.0. The number of carbonyl (C=O) groups is 2. The normalized spacial score (nSPS) is 24.4. The molecule has 1 saturated heterocycles. The minimum Gasteiger partial charge on any atom is -0.481 e. The number of esters is 1. The van der Waals surface area contributed by atoms with Crippen molar-refractivity contribution in [3.05, 3.63) is 0 Å². The summed E-state index contributed by atoms with van der Waals surface area (Å²) in [5.41, 5.74) is 0. The van der Waals surface area contributed by atoms with Crippen LogP contribution >= 0.6 is 0 Å². The highest BCUT2D eigenvalue weighted by Gasteiger charge is 2.29. The first-order chi connectivity index (χ1) is 4.18. The molecule has 0 bridgehead atoms. The van der Waals surface area contributed by atoms with E-state index in [0.29, 0.717) is 0 Å². The molecule has 1 fully saturated rings. The average Bonchev–Trinajstić information content (AvgIpc) is 1.60. The Kier molecular flexibility index (Phi) is 1.38. The smallest absolute Gasteiger partial charge is 0.309 e. The first-order valence-electron chi connectivity index (χ1n) is 2.60. The highest BCUT2D eigenvalue weighted by Crippen LogP contribution is 2.15. The van der Waals surface area contributed by atoms with Gasteiger partial charge in [0.25, 0.3) is 0 Å². The lowest BCUT2D eigenvalue weighted by Gasteiger charge is -2.23. The van der Waals surface area contributed by atoms with Gasteiger partial charge in [-0.3, -0.25) is 9.59 Å². The molecule has 1 N–H and O–H groups in total. The number of hydrogen-bond donors (Lipinski definition) is 1. The summed E-state index contributed by atoms with van der Waals surface area (Å²) in [5.74, 6) is -1.23. The van der Waals surface area contributed by atoms with Crippen molar-refractivity contribution >= 4 is 11.9 Å².